The Morgan fingerprint density at radius 3 is 2.05 bits per heavy atom. The number of hydrogen-bond donors (Lipinski definition) is 1. The predicted molar refractivity (Wildman–Crippen MR) is 161 cm³/mol. The van der Waals surface area contributed by atoms with E-state index < -0.39 is 28.5 Å². The fourth-order valence-corrected chi connectivity index (χ4v) is 6.00. The Morgan fingerprint density at radius 2 is 1.50 bits per heavy atom. The number of nitrogens with zero attached hydrogens (tertiary/aromatic N) is 2. The van der Waals surface area contributed by atoms with Crippen LogP contribution in [0.4, 0.5) is 5.69 Å². The number of rotatable bonds is 11. The summed E-state index contributed by atoms with van der Waals surface area (Å²) < 4.78 is 28.8. The van der Waals surface area contributed by atoms with Crippen molar-refractivity contribution in [1.29, 1.82) is 0 Å². The Kier molecular flexibility index (Phi) is 10.6. The van der Waals surface area contributed by atoms with Gasteiger partial charge in [-0.2, -0.15) is 0 Å². The zero-order valence-electron chi connectivity index (χ0n) is 23.3. The lowest BCUT2D eigenvalue weighted by Gasteiger charge is -2.32. The first-order chi connectivity index (χ1) is 18.8. The average Bonchev–Trinajstić information content (AvgIpc) is 2.91. The maximum Gasteiger partial charge on any atom is 0.264 e. The van der Waals surface area contributed by atoms with Crippen molar-refractivity contribution < 1.29 is 18.0 Å². The van der Waals surface area contributed by atoms with Gasteiger partial charge in [0.2, 0.25) is 11.8 Å². The van der Waals surface area contributed by atoms with Gasteiger partial charge in [-0.05, 0) is 74.2 Å². The second-order valence-electron chi connectivity index (χ2n) is 10.2. The molecule has 0 bridgehead atoms. The Labute approximate surface area is 247 Å². The fraction of sp³-hybridized carbons (Fsp3) is 0.333. The van der Waals surface area contributed by atoms with Crippen LogP contribution in [-0.4, -0.2) is 43.8 Å². The average molecular weight is 605 g/mol. The van der Waals surface area contributed by atoms with Gasteiger partial charge < -0.3 is 10.2 Å². The minimum absolute atomic E-state index is 0.0208. The van der Waals surface area contributed by atoms with Crippen LogP contribution in [-0.2, 0) is 26.2 Å². The fourth-order valence-electron chi connectivity index (χ4n) is 4.10. The smallest absolute Gasteiger partial charge is 0.264 e. The standard InChI is InChI=1S/C30H35Cl2N3O4S/c1-20(2)23-12-15-26(16-13-23)35(40(38,39)27-9-7-6-8-10-27)19-29(36)34(22(5)30(37)33-21(3)4)18-24-11-14-25(31)17-28(24)32/h6-17,20-22H,18-19H2,1-5H3,(H,33,37). The van der Waals surface area contributed by atoms with E-state index in [4.69, 9.17) is 23.2 Å². The zero-order valence-corrected chi connectivity index (χ0v) is 25.6. The Balaban J connectivity index is 2.05. The summed E-state index contributed by atoms with van der Waals surface area (Å²) in [7, 11) is -4.13. The highest BCUT2D eigenvalue weighted by Gasteiger charge is 2.33. The number of anilines is 1. The number of halogens is 2. The number of hydrogen-bond acceptors (Lipinski definition) is 4. The molecule has 3 aromatic carbocycles. The van der Waals surface area contributed by atoms with Crippen LogP contribution in [0.25, 0.3) is 0 Å². The Hall–Kier alpha value is -3.07. The maximum atomic E-state index is 14.0. The molecule has 0 aliphatic heterocycles. The van der Waals surface area contributed by atoms with Crippen LogP contribution in [0, 0.1) is 0 Å². The van der Waals surface area contributed by atoms with Gasteiger partial charge in [-0.25, -0.2) is 8.42 Å². The monoisotopic (exact) mass is 603 g/mol. The second-order valence-corrected chi connectivity index (χ2v) is 12.9. The summed E-state index contributed by atoms with van der Waals surface area (Å²) in [5.74, 6) is -0.688. The molecule has 0 radical (unpaired) electrons. The molecule has 0 aliphatic carbocycles. The molecule has 0 spiro atoms. The summed E-state index contributed by atoms with van der Waals surface area (Å²) in [6.07, 6.45) is 0. The first-order valence-corrected chi connectivity index (χ1v) is 15.2. The topological polar surface area (TPSA) is 86.8 Å². The molecule has 40 heavy (non-hydrogen) atoms. The molecule has 2 amide bonds. The van der Waals surface area contributed by atoms with Crippen LogP contribution in [0.3, 0.4) is 0 Å². The highest BCUT2D eigenvalue weighted by Crippen LogP contribution is 2.27. The molecular formula is C30H35Cl2N3O4S. The van der Waals surface area contributed by atoms with Gasteiger partial charge in [0.25, 0.3) is 10.0 Å². The number of amides is 2. The van der Waals surface area contributed by atoms with Gasteiger partial charge in [0.1, 0.15) is 12.6 Å². The molecule has 0 fully saturated rings. The van der Waals surface area contributed by atoms with Crippen molar-refractivity contribution in [3.63, 3.8) is 0 Å². The summed E-state index contributed by atoms with van der Waals surface area (Å²) in [5, 5.41) is 3.59. The lowest BCUT2D eigenvalue weighted by atomic mass is 10.0. The van der Waals surface area contributed by atoms with Crippen molar-refractivity contribution in [1.82, 2.24) is 10.2 Å². The quantitative estimate of drug-likeness (QED) is 0.280. The molecule has 10 heteroatoms. The van der Waals surface area contributed by atoms with E-state index in [1.165, 1.54) is 17.0 Å². The van der Waals surface area contributed by atoms with E-state index in [1.807, 2.05) is 39.8 Å². The largest absolute Gasteiger partial charge is 0.352 e. The Bertz CT molecular complexity index is 1430. The molecule has 0 saturated carbocycles. The first-order valence-electron chi connectivity index (χ1n) is 13.0. The van der Waals surface area contributed by atoms with Crippen molar-refractivity contribution in [3.8, 4) is 0 Å². The van der Waals surface area contributed by atoms with Gasteiger partial charge in [-0.15, -0.1) is 0 Å². The molecule has 0 heterocycles. The second kappa shape index (κ2) is 13.5. The SMILES string of the molecule is CC(C)NC(=O)C(C)N(Cc1ccc(Cl)cc1Cl)C(=O)CN(c1ccc(C(C)C)cc1)S(=O)(=O)c1ccccc1. The van der Waals surface area contributed by atoms with Crippen LogP contribution < -0.4 is 9.62 Å². The molecule has 214 valence electrons. The summed E-state index contributed by atoms with van der Waals surface area (Å²) in [6, 6.07) is 18.9. The molecule has 1 unspecified atom stereocenters. The highest BCUT2D eigenvalue weighted by molar-refractivity contribution is 7.92. The van der Waals surface area contributed by atoms with E-state index in [1.54, 1.807) is 55.5 Å². The lowest BCUT2D eigenvalue weighted by molar-refractivity contribution is -0.139. The van der Waals surface area contributed by atoms with E-state index in [0.29, 0.717) is 21.3 Å². The van der Waals surface area contributed by atoms with Crippen molar-refractivity contribution in [2.24, 2.45) is 0 Å². The van der Waals surface area contributed by atoms with E-state index in [0.717, 1.165) is 9.87 Å². The molecular weight excluding hydrogens is 569 g/mol. The summed E-state index contributed by atoms with van der Waals surface area (Å²) >= 11 is 12.5. The normalized spacial score (nSPS) is 12.3. The molecule has 7 nitrogen and oxygen atoms in total. The highest BCUT2D eigenvalue weighted by atomic mass is 35.5. The Morgan fingerprint density at radius 1 is 0.875 bits per heavy atom. The van der Waals surface area contributed by atoms with Crippen LogP contribution in [0.1, 0.15) is 51.7 Å². The van der Waals surface area contributed by atoms with Crippen LogP contribution in [0.5, 0.6) is 0 Å². The summed E-state index contributed by atoms with van der Waals surface area (Å²) in [5.41, 5.74) is 1.94. The number of benzene rings is 3. The van der Waals surface area contributed by atoms with Gasteiger partial charge in [-0.1, -0.05) is 73.4 Å². The van der Waals surface area contributed by atoms with Crippen molar-refractivity contribution >= 4 is 50.7 Å². The minimum atomic E-state index is -4.13. The molecule has 0 aliphatic rings. The van der Waals surface area contributed by atoms with E-state index in [2.05, 4.69) is 5.32 Å². The van der Waals surface area contributed by atoms with Crippen molar-refractivity contribution in [3.05, 3.63) is 94.0 Å². The van der Waals surface area contributed by atoms with Gasteiger partial charge in [0, 0.05) is 22.6 Å². The lowest BCUT2D eigenvalue weighted by Crippen LogP contribution is -2.52. The van der Waals surface area contributed by atoms with E-state index in [-0.39, 0.29) is 29.3 Å². The predicted octanol–water partition coefficient (Wildman–Crippen LogP) is 6.25. The number of carbonyl (C=O) groups is 2. The van der Waals surface area contributed by atoms with Gasteiger partial charge in [0.15, 0.2) is 0 Å². The maximum absolute atomic E-state index is 14.0. The molecule has 3 aromatic rings. The van der Waals surface area contributed by atoms with Crippen LogP contribution in [0.2, 0.25) is 10.0 Å². The summed E-state index contributed by atoms with van der Waals surface area (Å²) in [6.45, 7) is 8.78. The third-order valence-electron chi connectivity index (χ3n) is 6.41. The van der Waals surface area contributed by atoms with Crippen molar-refractivity contribution in [2.45, 2.75) is 64.1 Å². The third-order valence-corrected chi connectivity index (χ3v) is 8.79. The van der Waals surface area contributed by atoms with Gasteiger partial charge in [-0.3, -0.25) is 13.9 Å². The molecule has 1 N–H and O–H groups in total. The van der Waals surface area contributed by atoms with Crippen LogP contribution >= 0.6 is 23.2 Å². The van der Waals surface area contributed by atoms with Gasteiger partial charge >= 0.3 is 0 Å². The minimum Gasteiger partial charge on any atom is -0.352 e. The zero-order chi connectivity index (χ0) is 29.6. The van der Waals surface area contributed by atoms with Crippen LogP contribution in [0.15, 0.2) is 77.7 Å². The summed E-state index contributed by atoms with van der Waals surface area (Å²) in [4.78, 5) is 28.4. The van der Waals surface area contributed by atoms with E-state index in [9.17, 15) is 18.0 Å². The first kappa shape index (κ1) is 31.5. The van der Waals surface area contributed by atoms with E-state index >= 15 is 0 Å². The number of sulfonamides is 1. The molecule has 0 saturated heterocycles. The molecule has 3 rings (SSSR count). The molecule has 0 aromatic heterocycles. The van der Waals surface area contributed by atoms with Crippen molar-refractivity contribution in [2.75, 3.05) is 10.8 Å². The van der Waals surface area contributed by atoms with Gasteiger partial charge in [0.05, 0.1) is 10.6 Å². The molecule has 1 atom stereocenters. The number of nitrogens with one attached hydrogen (secondary N) is 1. The number of carbonyl (C=O) groups excluding carboxylic acids is 2. The third kappa shape index (κ3) is 7.77.